The summed E-state index contributed by atoms with van der Waals surface area (Å²) in [7, 11) is 1.85. The SMILES string of the molecule is Cn1cc(NCc2nc3ccccc3c(=O)[nH]2)cn1. The Morgan fingerprint density at radius 1 is 1.37 bits per heavy atom. The number of aromatic amines is 1. The van der Waals surface area contributed by atoms with Crippen LogP contribution in [0.1, 0.15) is 5.82 Å². The lowest BCUT2D eigenvalue weighted by Crippen LogP contribution is -2.14. The highest BCUT2D eigenvalue weighted by molar-refractivity contribution is 5.77. The molecule has 0 saturated heterocycles. The van der Waals surface area contributed by atoms with E-state index in [0.717, 1.165) is 5.69 Å². The molecule has 0 aliphatic heterocycles. The number of aromatic nitrogens is 4. The van der Waals surface area contributed by atoms with Crippen LogP contribution in [0.4, 0.5) is 5.69 Å². The van der Waals surface area contributed by atoms with E-state index >= 15 is 0 Å². The number of benzene rings is 1. The summed E-state index contributed by atoms with van der Waals surface area (Å²) < 4.78 is 1.71. The van der Waals surface area contributed by atoms with Gasteiger partial charge in [0.05, 0.1) is 29.3 Å². The van der Waals surface area contributed by atoms with Gasteiger partial charge in [-0.15, -0.1) is 0 Å². The van der Waals surface area contributed by atoms with Crippen LogP contribution < -0.4 is 10.9 Å². The minimum absolute atomic E-state index is 0.117. The van der Waals surface area contributed by atoms with Gasteiger partial charge in [-0.2, -0.15) is 5.10 Å². The zero-order valence-electron chi connectivity index (χ0n) is 10.4. The van der Waals surface area contributed by atoms with Crippen molar-refractivity contribution in [2.24, 2.45) is 7.05 Å². The summed E-state index contributed by atoms with van der Waals surface area (Å²) in [5.74, 6) is 0.604. The largest absolute Gasteiger partial charge is 0.375 e. The number of rotatable bonds is 3. The van der Waals surface area contributed by atoms with E-state index in [9.17, 15) is 4.79 Å². The van der Waals surface area contributed by atoms with Gasteiger partial charge in [-0.1, -0.05) is 12.1 Å². The molecule has 96 valence electrons. The Bertz CT molecular complexity index is 774. The van der Waals surface area contributed by atoms with Crippen molar-refractivity contribution in [3.8, 4) is 0 Å². The Hall–Kier alpha value is -2.63. The highest BCUT2D eigenvalue weighted by atomic mass is 16.1. The molecular formula is C13H13N5O. The van der Waals surface area contributed by atoms with Crippen LogP contribution in [0.15, 0.2) is 41.5 Å². The number of para-hydroxylation sites is 1. The van der Waals surface area contributed by atoms with Crippen LogP contribution in [0.5, 0.6) is 0 Å². The number of nitrogens with zero attached hydrogens (tertiary/aromatic N) is 3. The van der Waals surface area contributed by atoms with Crippen molar-refractivity contribution in [2.45, 2.75) is 6.54 Å². The van der Waals surface area contributed by atoms with Gasteiger partial charge in [0.1, 0.15) is 5.82 Å². The maximum Gasteiger partial charge on any atom is 0.258 e. The van der Waals surface area contributed by atoms with Crippen LogP contribution in [0.3, 0.4) is 0 Å². The van der Waals surface area contributed by atoms with E-state index in [1.54, 1.807) is 16.9 Å². The Morgan fingerprint density at radius 2 is 2.21 bits per heavy atom. The fourth-order valence-electron chi connectivity index (χ4n) is 1.92. The average molecular weight is 255 g/mol. The summed E-state index contributed by atoms with van der Waals surface area (Å²) in [4.78, 5) is 19.1. The van der Waals surface area contributed by atoms with Crippen molar-refractivity contribution in [3.63, 3.8) is 0 Å². The molecule has 0 spiro atoms. The molecule has 0 aliphatic carbocycles. The number of hydrogen-bond donors (Lipinski definition) is 2. The molecule has 0 atom stereocenters. The number of H-pyrrole nitrogens is 1. The maximum absolute atomic E-state index is 11.9. The summed E-state index contributed by atoms with van der Waals surface area (Å²) in [6.07, 6.45) is 3.58. The van der Waals surface area contributed by atoms with Crippen molar-refractivity contribution >= 4 is 16.6 Å². The summed E-state index contributed by atoms with van der Waals surface area (Å²) in [6.45, 7) is 0.450. The van der Waals surface area contributed by atoms with E-state index in [-0.39, 0.29) is 5.56 Å². The lowest BCUT2D eigenvalue weighted by atomic mass is 10.2. The number of aryl methyl sites for hydroxylation is 1. The minimum Gasteiger partial charge on any atom is -0.375 e. The van der Waals surface area contributed by atoms with E-state index in [1.165, 1.54) is 0 Å². The fraction of sp³-hybridized carbons (Fsp3) is 0.154. The van der Waals surface area contributed by atoms with Crippen molar-refractivity contribution in [1.82, 2.24) is 19.7 Å². The molecule has 2 heterocycles. The quantitative estimate of drug-likeness (QED) is 0.739. The minimum atomic E-state index is -0.117. The zero-order valence-corrected chi connectivity index (χ0v) is 10.4. The molecule has 6 nitrogen and oxygen atoms in total. The summed E-state index contributed by atoms with van der Waals surface area (Å²) in [5, 5.41) is 7.82. The number of anilines is 1. The van der Waals surface area contributed by atoms with Gasteiger partial charge in [0.15, 0.2) is 0 Å². The van der Waals surface area contributed by atoms with E-state index in [1.807, 2.05) is 31.4 Å². The Labute approximate surface area is 109 Å². The van der Waals surface area contributed by atoms with Crippen molar-refractivity contribution in [1.29, 1.82) is 0 Å². The molecule has 19 heavy (non-hydrogen) atoms. The topological polar surface area (TPSA) is 75.6 Å². The molecule has 2 aromatic heterocycles. The lowest BCUT2D eigenvalue weighted by molar-refractivity contribution is 0.768. The lowest BCUT2D eigenvalue weighted by Gasteiger charge is -2.04. The van der Waals surface area contributed by atoms with Gasteiger partial charge >= 0.3 is 0 Å². The van der Waals surface area contributed by atoms with Gasteiger partial charge in [0.2, 0.25) is 0 Å². The molecule has 1 aromatic carbocycles. The van der Waals surface area contributed by atoms with Crippen LogP contribution in [-0.4, -0.2) is 19.7 Å². The highest BCUT2D eigenvalue weighted by Gasteiger charge is 2.03. The molecule has 2 N–H and O–H groups in total. The highest BCUT2D eigenvalue weighted by Crippen LogP contribution is 2.08. The third-order valence-electron chi connectivity index (χ3n) is 2.83. The number of hydrogen-bond acceptors (Lipinski definition) is 4. The molecule has 0 aliphatic rings. The predicted octanol–water partition coefficient (Wildman–Crippen LogP) is 1.27. The van der Waals surface area contributed by atoms with Crippen LogP contribution >= 0.6 is 0 Å². The number of nitrogens with one attached hydrogen (secondary N) is 2. The van der Waals surface area contributed by atoms with E-state index in [0.29, 0.717) is 23.3 Å². The molecule has 3 aromatic rings. The molecular weight excluding hydrogens is 242 g/mol. The van der Waals surface area contributed by atoms with Gasteiger partial charge < -0.3 is 10.3 Å². The van der Waals surface area contributed by atoms with E-state index in [2.05, 4.69) is 20.4 Å². The summed E-state index contributed by atoms with van der Waals surface area (Å²) in [6, 6.07) is 7.29. The third kappa shape index (κ3) is 2.33. The Morgan fingerprint density at radius 3 is 3.00 bits per heavy atom. The maximum atomic E-state index is 11.9. The Balaban J connectivity index is 1.87. The summed E-state index contributed by atoms with van der Waals surface area (Å²) >= 11 is 0. The van der Waals surface area contributed by atoms with E-state index < -0.39 is 0 Å². The summed E-state index contributed by atoms with van der Waals surface area (Å²) in [5.41, 5.74) is 1.47. The van der Waals surface area contributed by atoms with Gasteiger partial charge in [-0.05, 0) is 12.1 Å². The number of fused-ring (bicyclic) bond motifs is 1. The fourth-order valence-corrected chi connectivity index (χ4v) is 1.92. The van der Waals surface area contributed by atoms with Crippen LogP contribution in [0.2, 0.25) is 0 Å². The predicted molar refractivity (Wildman–Crippen MR) is 72.9 cm³/mol. The smallest absolute Gasteiger partial charge is 0.258 e. The first-order valence-corrected chi connectivity index (χ1v) is 5.93. The second-order valence-corrected chi connectivity index (χ2v) is 4.29. The molecule has 0 bridgehead atoms. The van der Waals surface area contributed by atoms with Crippen LogP contribution in [0, 0.1) is 0 Å². The second kappa shape index (κ2) is 4.56. The first-order chi connectivity index (χ1) is 9.22. The molecule has 6 heteroatoms. The van der Waals surface area contributed by atoms with Crippen molar-refractivity contribution < 1.29 is 0 Å². The average Bonchev–Trinajstić information content (AvgIpc) is 2.82. The first-order valence-electron chi connectivity index (χ1n) is 5.93. The standard InChI is InChI=1S/C13H13N5O/c1-18-8-9(6-15-18)14-7-12-16-11-5-3-2-4-10(11)13(19)17-12/h2-6,8,14H,7H2,1H3,(H,16,17,19). The van der Waals surface area contributed by atoms with Crippen LogP contribution in [0.25, 0.3) is 10.9 Å². The van der Waals surface area contributed by atoms with Gasteiger partial charge in [-0.25, -0.2) is 4.98 Å². The molecule has 0 unspecified atom stereocenters. The van der Waals surface area contributed by atoms with Gasteiger partial charge in [-0.3, -0.25) is 9.48 Å². The molecule has 3 rings (SSSR count). The monoisotopic (exact) mass is 255 g/mol. The normalized spacial score (nSPS) is 10.8. The van der Waals surface area contributed by atoms with Gasteiger partial charge in [0, 0.05) is 13.2 Å². The Kier molecular flexibility index (Phi) is 2.75. The molecule has 0 amide bonds. The van der Waals surface area contributed by atoms with Crippen LogP contribution in [-0.2, 0) is 13.6 Å². The van der Waals surface area contributed by atoms with E-state index in [4.69, 9.17) is 0 Å². The molecule has 0 saturated carbocycles. The van der Waals surface area contributed by atoms with Crippen molar-refractivity contribution in [2.75, 3.05) is 5.32 Å². The first kappa shape index (κ1) is 11.5. The third-order valence-corrected chi connectivity index (χ3v) is 2.83. The molecule has 0 radical (unpaired) electrons. The molecule has 0 fully saturated rings. The second-order valence-electron chi connectivity index (χ2n) is 4.29. The van der Waals surface area contributed by atoms with Crippen molar-refractivity contribution in [3.05, 3.63) is 52.8 Å². The van der Waals surface area contributed by atoms with Gasteiger partial charge in [0.25, 0.3) is 5.56 Å². The zero-order chi connectivity index (χ0) is 13.2.